The highest BCUT2D eigenvalue weighted by Gasteiger charge is 2.22. The van der Waals surface area contributed by atoms with Crippen LogP contribution in [-0.4, -0.2) is 30.4 Å². The van der Waals surface area contributed by atoms with E-state index in [1.54, 1.807) is 24.3 Å². The van der Waals surface area contributed by atoms with Gasteiger partial charge in [0, 0.05) is 12.6 Å². The highest BCUT2D eigenvalue weighted by Crippen LogP contribution is 2.20. The lowest BCUT2D eigenvalue weighted by molar-refractivity contribution is 0.591. The Hall–Kier alpha value is -1.93. The van der Waals surface area contributed by atoms with Crippen molar-refractivity contribution in [2.24, 2.45) is 5.73 Å². The maximum absolute atomic E-state index is 12.2. The van der Waals surface area contributed by atoms with E-state index in [9.17, 15) is 8.42 Å². The number of H-pyrrole nitrogens is 1. The molecule has 8 heteroatoms. The molecule has 0 fully saturated rings. The maximum atomic E-state index is 12.2. The van der Waals surface area contributed by atoms with Crippen molar-refractivity contribution in [3.8, 4) is 0 Å². The van der Waals surface area contributed by atoms with Crippen LogP contribution in [0.4, 0.5) is 5.69 Å². The molecule has 0 saturated carbocycles. The standard InChI is InChI=1S/C11H12N4O2S2/c1-15(19(16,17)10-6-13-7-14-10)9-4-2-8(3-5-9)11(12)18/h2-7H,1H3,(H2,12,18)(H,13,14). The molecule has 0 spiro atoms. The van der Waals surface area contributed by atoms with Crippen LogP contribution in [0.5, 0.6) is 0 Å². The van der Waals surface area contributed by atoms with Gasteiger partial charge in [0.05, 0.1) is 18.2 Å². The van der Waals surface area contributed by atoms with E-state index in [4.69, 9.17) is 18.0 Å². The summed E-state index contributed by atoms with van der Waals surface area (Å²) in [5.41, 5.74) is 6.68. The number of rotatable bonds is 4. The fourth-order valence-electron chi connectivity index (χ4n) is 1.51. The molecule has 0 atom stereocenters. The normalized spacial score (nSPS) is 11.2. The molecule has 1 aromatic carbocycles. The molecule has 0 aliphatic rings. The predicted octanol–water partition coefficient (Wildman–Crippen LogP) is 0.869. The molecule has 0 radical (unpaired) electrons. The van der Waals surface area contributed by atoms with E-state index in [1.165, 1.54) is 19.6 Å². The molecule has 0 aliphatic heterocycles. The third-order valence-electron chi connectivity index (χ3n) is 2.63. The lowest BCUT2D eigenvalue weighted by Gasteiger charge is -2.18. The number of nitrogens with zero attached hydrogens (tertiary/aromatic N) is 2. The quantitative estimate of drug-likeness (QED) is 0.817. The smallest absolute Gasteiger partial charge is 0.281 e. The fraction of sp³-hybridized carbons (Fsp3) is 0.0909. The summed E-state index contributed by atoms with van der Waals surface area (Å²) in [6.07, 6.45) is 2.58. The largest absolute Gasteiger partial charge is 0.389 e. The lowest BCUT2D eigenvalue weighted by Crippen LogP contribution is -2.26. The van der Waals surface area contributed by atoms with E-state index >= 15 is 0 Å². The van der Waals surface area contributed by atoms with E-state index in [2.05, 4.69) is 9.97 Å². The number of nitrogens with two attached hydrogens (primary N) is 1. The van der Waals surface area contributed by atoms with E-state index in [-0.39, 0.29) is 10.0 Å². The van der Waals surface area contributed by atoms with Crippen LogP contribution >= 0.6 is 12.2 Å². The van der Waals surface area contributed by atoms with Gasteiger partial charge < -0.3 is 10.7 Å². The summed E-state index contributed by atoms with van der Waals surface area (Å²) in [7, 11) is -2.17. The minimum atomic E-state index is -3.63. The minimum absolute atomic E-state index is 0.0356. The molecule has 0 saturated heterocycles. The SMILES string of the molecule is CN(c1ccc(C(N)=S)cc1)S(=O)(=O)c1cnc[nH]1. The molecule has 0 aliphatic carbocycles. The van der Waals surface area contributed by atoms with E-state index < -0.39 is 10.0 Å². The first kappa shape index (κ1) is 13.5. The summed E-state index contributed by atoms with van der Waals surface area (Å²) in [5, 5.41) is 0.0356. The van der Waals surface area contributed by atoms with Crippen molar-refractivity contribution in [2.75, 3.05) is 11.4 Å². The van der Waals surface area contributed by atoms with Gasteiger partial charge in [0.15, 0.2) is 5.03 Å². The molecule has 3 N–H and O–H groups in total. The third kappa shape index (κ3) is 2.59. The van der Waals surface area contributed by atoms with Crippen molar-refractivity contribution in [1.82, 2.24) is 9.97 Å². The second-order valence-electron chi connectivity index (χ2n) is 3.80. The number of anilines is 1. The number of nitrogens with one attached hydrogen (secondary N) is 1. The van der Waals surface area contributed by atoms with Crippen molar-refractivity contribution in [1.29, 1.82) is 0 Å². The number of aromatic nitrogens is 2. The van der Waals surface area contributed by atoms with Gasteiger partial charge in [-0.1, -0.05) is 12.2 Å². The van der Waals surface area contributed by atoms with Gasteiger partial charge in [-0.05, 0) is 24.3 Å². The number of imidazole rings is 1. The molecule has 0 bridgehead atoms. The van der Waals surface area contributed by atoms with Gasteiger partial charge >= 0.3 is 0 Å². The molecule has 2 aromatic rings. The summed E-state index contributed by atoms with van der Waals surface area (Å²) in [6, 6.07) is 6.64. The highest BCUT2D eigenvalue weighted by molar-refractivity contribution is 7.92. The molecule has 0 amide bonds. The molecule has 0 unspecified atom stereocenters. The molecular weight excluding hydrogens is 284 g/mol. The Balaban J connectivity index is 2.34. The summed E-state index contributed by atoms with van der Waals surface area (Å²) in [5.74, 6) is 0. The monoisotopic (exact) mass is 296 g/mol. The van der Waals surface area contributed by atoms with Gasteiger partial charge in [-0.15, -0.1) is 0 Å². The number of benzene rings is 1. The Bertz CT molecular complexity index is 678. The van der Waals surface area contributed by atoms with Gasteiger partial charge in [0.1, 0.15) is 4.99 Å². The molecule has 1 heterocycles. The average molecular weight is 296 g/mol. The lowest BCUT2D eigenvalue weighted by atomic mass is 10.2. The Morgan fingerprint density at radius 1 is 1.37 bits per heavy atom. The summed E-state index contributed by atoms with van der Waals surface area (Å²) < 4.78 is 25.6. The van der Waals surface area contributed by atoms with E-state index in [0.29, 0.717) is 11.3 Å². The highest BCUT2D eigenvalue weighted by atomic mass is 32.2. The topological polar surface area (TPSA) is 92.1 Å². The number of hydrogen-bond donors (Lipinski definition) is 2. The maximum Gasteiger partial charge on any atom is 0.281 e. The van der Waals surface area contributed by atoms with Crippen LogP contribution < -0.4 is 10.0 Å². The molecule has 1 aromatic heterocycles. The summed E-state index contributed by atoms with van der Waals surface area (Å²) in [4.78, 5) is 6.55. The molecule has 100 valence electrons. The average Bonchev–Trinajstić information content (AvgIpc) is 2.92. The Morgan fingerprint density at radius 3 is 2.47 bits per heavy atom. The van der Waals surface area contributed by atoms with Crippen molar-refractivity contribution in [3.05, 3.63) is 42.4 Å². The van der Waals surface area contributed by atoms with E-state index in [1.807, 2.05) is 0 Å². The van der Waals surface area contributed by atoms with Crippen LogP contribution in [0.1, 0.15) is 5.56 Å². The number of aromatic amines is 1. The first-order valence-corrected chi connectivity index (χ1v) is 7.15. The molecule has 2 rings (SSSR count). The van der Waals surface area contributed by atoms with Crippen LogP contribution in [0.2, 0.25) is 0 Å². The van der Waals surface area contributed by atoms with Gasteiger partial charge in [-0.3, -0.25) is 4.31 Å². The molecule has 6 nitrogen and oxygen atoms in total. The van der Waals surface area contributed by atoms with Gasteiger partial charge in [0.25, 0.3) is 10.0 Å². The van der Waals surface area contributed by atoms with Gasteiger partial charge in [-0.2, -0.15) is 8.42 Å². The van der Waals surface area contributed by atoms with Crippen molar-refractivity contribution in [2.45, 2.75) is 5.03 Å². The zero-order valence-corrected chi connectivity index (χ0v) is 11.7. The van der Waals surface area contributed by atoms with Crippen LogP contribution in [0.15, 0.2) is 41.8 Å². The van der Waals surface area contributed by atoms with Crippen LogP contribution in [-0.2, 0) is 10.0 Å². The fourth-order valence-corrected chi connectivity index (χ4v) is 2.73. The second kappa shape index (κ2) is 4.98. The first-order chi connectivity index (χ1) is 8.93. The summed E-state index contributed by atoms with van der Waals surface area (Å²) in [6.45, 7) is 0. The van der Waals surface area contributed by atoms with Gasteiger partial charge in [-0.25, -0.2) is 4.98 Å². The van der Waals surface area contributed by atoms with Crippen molar-refractivity contribution in [3.63, 3.8) is 0 Å². The number of hydrogen-bond acceptors (Lipinski definition) is 4. The van der Waals surface area contributed by atoms with E-state index in [0.717, 1.165) is 4.31 Å². The number of sulfonamides is 1. The molecular formula is C11H12N4O2S2. The Labute approximate surface area is 116 Å². The summed E-state index contributed by atoms with van der Waals surface area (Å²) >= 11 is 4.84. The van der Waals surface area contributed by atoms with Crippen molar-refractivity contribution >= 4 is 32.9 Å². The predicted molar refractivity (Wildman–Crippen MR) is 76.5 cm³/mol. The van der Waals surface area contributed by atoms with Crippen LogP contribution in [0, 0.1) is 0 Å². The van der Waals surface area contributed by atoms with Crippen LogP contribution in [0.3, 0.4) is 0 Å². The Kier molecular flexibility index (Phi) is 3.54. The zero-order chi connectivity index (χ0) is 14.0. The Morgan fingerprint density at radius 2 is 2.00 bits per heavy atom. The first-order valence-electron chi connectivity index (χ1n) is 5.30. The second-order valence-corrected chi connectivity index (χ2v) is 6.18. The zero-order valence-electron chi connectivity index (χ0n) is 10.1. The molecule has 19 heavy (non-hydrogen) atoms. The van der Waals surface area contributed by atoms with Gasteiger partial charge in [0.2, 0.25) is 0 Å². The minimum Gasteiger partial charge on any atom is -0.389 e. The number of thiocarbonyl (C=S) groups is 1. The van der Waals surface area contributed by atoms with Crippen LogP contribution in [0.25, 0.3) is 0 Å². The third-order valence-corrected chi connectivity index (χ3v) is 4.57. The van der Waals surface area contributed by atoms with Crippen molar-refractivity contribution < 1.29 is 8.42 Å².